The Labute approximate surface area is 132 Å². The number of rotatable bonds is 8. The SMILES string of the molecule is CCCc1nc(N2CCC(COC)CC2)sc1CNCC. The van der Waals surface area contributed by atoms with Crippen molar-refractivity contribution in [3.63, 3.8) is 0 Å². The van der Waals surface area contributed by atoms with Gasteiger partial charge in [-0.15, -0.1) is 11.3 Å². The summed E-state index contributed by atoms with van der Waals surface area (Å²) in [5.41, 5.74) is 1.30. The Morgan fingerprint density at radius 3 is 2.71 bits per heavy atom. The molecule has 2 rings (SSSR count). The maximum absolute atomic E-state index is 5.28. The number of ether oxygens (including phenoxy) is 1. The average Bonchev–Trinajstić information content (AvgIpc) is 2.90. The lowest BCUT2D eigenvalue weighted by Crippen LogP contribution is -2.34. The van der Waals surface area contributed by atoms with Crippen LogP contribution in [0.1, 0.15) is 43.7 Å². The first kappa shape index (κ1) is 16.7. The number of hydrogen-bond donors (Lipinski definition) is 1. The molecule has 0 amide bonds. The van der Waals surface area contributed by atoms with Gasteiger partial charge in [0.05, 0.1) is 5.69 Å². The van der Waals surface area contributed by atoms with Crippen LogP contribution in [-0.4, -0.2) is 38.3 Å². The van der Waals surface area contributed by atoms with E-state index in [1.807, 2.05) is 11.3 Å². The van der Waals surface area contributed by atoms with Gasteiger partial charge in [0, 0.05) is 38.2 Å². The quantitative estimate of drug-likeness (QED) is 0.800. The van der Waals surface area contributed by atoms with Crippen molar-refractivity contribution < 1.29 is 4.74 Å². The van der Waals surface area contributed by atoms with Crippen LogP contribution in [0.4, 0.5) is 5.13 Å². The number of hydrogen-bond acceptors (Lipinski definition) is 5. The fraction of sp³-hybridized carbons (Fsp3) is 0.812. The van der Waals surface area contributed by atoms with Crippen LogP contribution in [0, 0.1) is 5.92 Å². The van der Waals surface area contributed by atoms with E-state index < -0.39 is 0 Å². The summed E-state index contributed by atoms with van der Waals surface area (Å²) in [6, 6.07) is 0. The molecule has 0 saturated carbocycles. The van der Waals surface area contributed by atoms with Crippen LogP contribution in [0.3, 0.4) is 0 Å². The van der Waals surface area contributed by atoms with Crippen molar-refractivity contribution in [3.8, 4) is 0 Å². The molecule has 0 aromatic carbocycles. The van der Waals surface area contributed by atoms with Crippen LogP contribution < -0.4 is 10.2 Å². The third kappa shape index (κ3) is 4.66. The van der Waals surface area contributed by atoms with E-state index in [9.17, 15) is 0 Å². The second-order valence-electron chi connectivity index (χ2n) is 5.78. The van der Waals surface area contributed by atoms with Crippen LogP contribution in [0.15, 0.2) is 0 Å². The third-order valence-electron chi connectivity index (χ3n) is 4.08. The van der Waals surface area contributed by atoms with Crippen LogP contribution in [0.5, 0.6) is 0 Å². The molecule has 0 aliphatic carbocycles. The lowest BCUT2D eigenvalue weighted by Gasteiger charge is -2.31. The van der Waals surface area contributed by atoms with Gasteiger partial charge in [-0.1, -0.05) is 20.3 Å². The molecule has 1 aromatic heterocycles. The molecule has 2 heterocycles. The molecular weight excluding hydrogens is 282 g/mol. The van der Waals surface area contributed by atoms with Crippen LogP contribution in [-0.2, 0) is 17.7 Å². The van der Waals surface area contributed by atoms with E-state index in [2.05, 4.69) is 24.1 Å². The van der Waals surface area contributed by atoms with E-state index >= 15 is 0 Å². The topological polar surface area (TPSA) is 37.4 Å². The molecule has 1 fully saturated rings. The van der Waals surface area contributed by atoms with E-state index in [1.165, 1.54) is 28.5 Å². The van der Waals surface area contributed by atoms with Gasteiger partial charge in [0.25, 0.3) is 0 Å². The first-order valence-corrected chi connectivity index (χ1v) is 9.03. The molecule has 120 valence electrons. The first-order chi connectivity index (χ1) is 10.3. The monoisotopic (exact) mass is 311 g/mol. The van der Waals surface area contributed by atoms with Crippen molar-refractivity contribution in [1.29, 1.82) is 0 Å². The van der Waals surface area contributed by atoms with E-state index in [4.69, 9.17) is 9.72 Å². The fourth-order valence-electron chi connectivity index (χ4n) is 2.84. The predicted molar refractivity (Wildman–Crippen MR) is 90.3 cm³/mol. The lowest BCUT2D eigenvalue weighted by molar-refractivity contribution is 0.139. The number of aromatic nitrogens is 1. The molecule has 0 bridgehead atoms. The summed E-state index contributed by atoms with van der Waals surface area (Å²) in [7, 11) is 1.80. The highest BCUT2D eigenvalue weighted by Gasteiger charge is 2.22. The number of piperidine rings is 1. The third-order valence-corrected chi connectivity index (χ3v) is 5.24. The van der Waals surface area contributed by atoms with Crippen molar-refractivity contribution in [3.05, 3.63) is 10.6 Å². The van der Waals surface area contributed by atoms with Gasteiger partial charge in [0.2, 0.25) is 0 Å². The van der Waals surface area contributed by atoms with Gasteiger partial charge in [-0.2, -0.15) is 0 Å². The Balaban J connectivity index is 1.99. The predicted octanol–water partition coefficient (Wildman–Crippen LogP) is 3.07. The van der Waals surface area contributed by atoms with E-state index in [1.54, 1.807) is 7.11 Å². The highest BCUT2D eigenvalue weighted by atomic mass is 32.1. The maximum atomic E-state index is 5.28. The van der Waals surface area contributed by atoms with Gasteiger partial charge in [0.15, 0.2) is 5.13 Å². The highest BCUT2D eigenvalue weighted by Crippen LogP contribution is 2.30. The minimum Gasteiger partial charge on any atom is -0.384 e. The smallest absolute Gasteiger partial charge is 0.185 e. The number of aryl methyl sites for hydroxylation is 1. The van der Waals surface area contributed by atoms with E-state index in [0.29, 0.717) is 0 Å². The van der Waals surface area contributed by atoms with E-state index in [-0.39, 0.29) is 0 Å². The summed E-state index contributed by atoms with van der Waals surface area (Å²) < 4.78 is 5.28. The largest absolute Gasteiger partial charge is 0.384 e. The zero-order chi connectivity index (χ0) is 15.1. The number of anilines is 1. The Hall–Kier alpha value is -0.650. The second kappa shape index (κ2) is 8.71. The minimum absolute atomic E-state index is 0.725. The maximum Gasteiger partial charge on any atom is 0.185 e. The molecule has 1 N–H and O–H groups in total. The molecule has 0 spiro atoms. The number of thiazole rings is 1. The fourth-order valence-corrected chi connectivity index (χ4v) is 3.97. The molecule has 0 atom stereocenters. The Morgan fingerprint density at radius 1 is 1.33 bits per heavy atom. The van der Waals surface area contributed by atoms with Gasteiger partial charge in [-0.25, -0.2) is 4.98 Å². The summed E-state index contributed by atoms with van der Waals surface area (Å²) in [5, 5.41) is 4.66. The molecule has 1 saturated heterocycles. The zero-order valence-electron chi connectivity index (χ0n) is 13.7. The van der Waals surface area contributed by atoms with Crippen molar-refractivity contribution >= 4 is 16.5 Å². The summed E-state index contributed by atoms with van der Waals surface area (Å²) in [5.74, 6) is 0.725. The molecule has 1 aliphatic rings. The lowest BCUT2D eigenvalue weighted by atomic mass is 9.98. The molecule has 1 aromatic rings. The van der Waals surface area contributed by atoms with Gasteiger partial charge in [-0.3, -0.25) is 0 Å². The van der Waals surface area contributed by atoms with Gasteiger partial charge >= 0.3 is 0 Å². The summed E-state index contributed by atoms with van der Waals surface area (Å²) in [6.45, 7) is 9.50. The van der Waals surface area contributed by atoms with Gasteiger partial charge in [-0.05, 0) is 31.7 Å². The average molecular weight is 311 g/mol. The van der Waals surface area contributed by atoms with Crippen LogP contribution >= 0.6 is 11.3 Å². The van der Waals surface area contributed by atoms with Crippen molar-refractivity contribution in [1.82, 2.24) is 10.3 Å². The van der Waals surface area contributed by atoms with Crippen LogP contribution in [0.25, 0.3) is 0 Å². The molecule has 5 heteroatoms. The Morgan fingerprint density at radius 2 is 2.10 bits per heavy atom. The van der Waals surface area contributed by atoms with Crippen molar-refractivity contribution in [2.45, 2.75) is 46.1 Å². The molecule has 0 radical (unpaired) electrons. The first-order valence-electron chi connectivity index (χ1n) is 8.21. The van der Waals surface area contributed by atoms with Crippen molar-refractivity contribution in [2.24, 2.45) is 5.92 Å². The van der Waals surface area contributed by atoms with Crippen molar-refractivity contribution in [2.75, 3.05) is 38.3 Å². The summed E-state index contributed by atoms with van der Waals surface area (Å²) >= 11 is 1.88. The number of nitrogens with zero attached hydrogens (tertiary/aromatic N) is 2. The molecule has 21 heavy (non-hydrogen) atoms. The summed E-state index contributed by atoms with van der Waals surface area (Å²) in [4.78, 5) is 8.81. The normalized spacial score (nSPS) is 16.6. The standard InChI is InChI=1S/C16H29N3OS/c1-4-6-14-15(11-17-5-2)21-16(18-14)19-9-7-13(8-10-19)12-20-3/h13,17H,4-12H2,1-3H3. The number of methoxy groups -OCH3 is 1. The molecular formula is C16H29N3OS. The number of nitrogens with one attached hydrogen (secondary N) is 1. The van der Waals surface area contributed by atoms with E-state index in [0.717, 1.165) is 51.5 Å². The Bertz CT molecular complexity index is 414. The van der Waals surface area contributed by atoms with Crippen LogP contribution in [0.2, 0.25) is 0 Å². The molecule has 4 nitrogen and oxygen atoms in total. The minimum atomic E-state index is 0.725. The second-order valence-corrected chi connectivity index (χ2v) is 6.84. The van der Waals surface area contributed by atoms with Gasteiger partial charge in [0.1, 0.15) is 0 Å². The molecule has 0 unspecified atom stereocenters. The summed E-state index contributed by atoms with van der Waals surface area (Å²) in [6.07, 6.45) is 4.70. The molecule has 1 aliphatic heterocycles. The Kier molecular flexibility index (Phi) is 6.93. The highest BCUT2D eigenvalue weighted by molar-refractivity contribution is 7.15. The zero-order valence-corrected chi connectivity index (χ0v) is 14.5. The van der Waals surface area contributed by atoms with Gasteiger partial charge < -0.3 is 15.0 Å².